The van der Waals surface area contributed by atoms with E-state index in [0.29, 0.717) is 5.41 Å². The lowest BCUT2D eigenvalue weighted by atomic mass is 9.79. The predicted molar refractivity (Wildman–Crippen MR) is 78.6 cm³/mol. The average molecular weight is 278 g/mol. The minimum Gasteiger partial charge on any atom is -0.472 e. The molecule has 2 aliphatic rings. The molecule has 0 bridgehead atoms. The third-order valence-corrected chi connectivity index (χ3v) is 4.53. The number of nitrogens with zero attached hydrogens (tertiary/aromatic N) is 1. The summed E-state index contributed by atoms with van der Waals surface area (Å²) >= 11 is 0. The van der Waals surface area contributed by atoms with Gasteiger partial charge in [-0.15, -0.1) is 0 Å². The van der Waals surface area contributed by atoms with Crippen LogP contribution in [0.1, 0.15) is 31.2 Å². The zero-order valence-corrected chi connectivity index (χ0v) is 12.4. The van der Waals surface area contributed by atoms with Gasteiger partial charge >= 0.3 is 0 Å². The summed E-state index contributed by atoms with van der Waals surface area (Å²) in [7, 11) is 2.21. The van der Waals surface area contributed by atoms with Crippen LogP contribution in [0.4, 0.5) is 0 Å². The molecule has 4 heteroatoms. The van der Waals surface area contributed by atoms with Crippen LogP contribution in [-0.4, -0.2) is 44.3 Å². The zero-order valence-electron chi connectivity index (χ0n) is 12.4. The molecule has 112 valence electrons. The van der Waals surface area contributed by atoms with E-state index in [4.69, 9.17) is 9.15 Å². The molecule has 20 heavy (non-hydrogen) atoms. The van der Waals surface area contributed by atoms with Gasteiger partial charge in [-0.05, 0) is 44.2 Å². The van der Waals surface area contributed by atoms with Crippen molar-refractivity contribution in [3.63, 3.8) is 0 Å². The molecule has 0 amide bonds. The quantitative estimate of drug-likeness (QED) is 0.830. The highest BCUT2D eigenvalue weighted by Crippen LogP contribution is 2.32. The number of ether oxygens (including phenoxy) is 1. The van der Waals surface area contributed by atoms with Crippen molar-refractivity contribution >= 4 is 0 Å². The molecule has 1 saturated heterocycles. The fourth-order valence-corrected chi connectivity index (χ4v) is 3.17. The molecule has 0 atom stereocenters. The molecule has 1 aliphatic carbocycles. The molecule has 1 saturated carbocycles. The lowest BCUT2D eigenvalue weighted by Gasteiger charge is -2.40. The van der Waals surface area contributed by atoms with Crippen molar-refractivity contribution in [2.45, 2.75) is 38.3 Å². The van der Waals surface area contributed by atoms with E-state index in [0.717, 1.165) is 38.9 Å². The van der Waals surface area contributed by atoms with E-state index in [1.165, 1.54) is 31.2 Å². The fourth-order valence-electron chi connectivity index (χ4n) is 3.17. The van der Waals surface area contributed by atoms with Crippen LogP contribution in [0, 0.1) is 5.41 Å². The largest absolute Gasteiger partial charge is 0.472 e. The van der Waals surface area contributed by atoms with Crippen molar-refractivity contribution in [2.24, 2.45) is 5.41 Å². The first kappa shape index (κ1) is 14.1. The van der Waals surface area contributed by atoms with Gasteiger partial charge in [-0.2, -0.15) is 0 Å². The molecule has 1 N–H and O–H groups in total. The summed E-state index contributed by atoms with van der Waals surface area (Å²) in [5.41, 5.74) is 1.63. The Morgan fingerprint density at radius 1 is 1.35 bits per heavy atom. The van der Waals surface area contributed by atoms with Crippen LogP contribution in [0.3, 0.4) is 0 Å². The second-order valence-corrected chi connectivity index (χ2v) is 6.57. The Morgan fingerprint density at radius 3 is 2.80 bits per heavy atom. The maximum atomic E-state index is 5.57. The number of rotatable bonds is 7. The van der Waals surface area contributed by atoms with E-state index in [1.807, 2.05) is 6.26 Å². The molecular weight excluding hydrogens is 252 g/mol. The minimum absolute atomic E-state index is 0.374. The lowest BCUT2D eigenvalue weighted by molar-refractivity contribution is -0.00184. The maximum absolute atomic E-state index is 5.57. The monoisotopic (exact) mass is 278 g/mol. The maximum Gasteiger partial charge on any atom is 0.0947 e. The van der Waals surface area contributed by atoms with E-state index in [9.17, 15) is 0 Å². The Bertz CT molecular complexity index is 395. The molecule has 2 fully saturated rings. The van der Waals surface area contributed by atoms with Crippen LogP contribution in [0.2, 0.25) is 0 Å². The number of hydrogen-bond acceptors (Lipinski definition) is 4. The molecule has 0 unspecified atom stereocenters. The molecule has 1 aromatic heterocycles. The van der Waals surface area contributed by atoms with Gasteiger partial charge in [0.15, 0.2) is 0 Å². The van der Waals surface area contributed by atoms with Crippen LogP contribution in [0.5, 0.6) is 0 Å². The van der Waals surface area contributed by atoms with Crippen molar-refractivity contribution in [2.75, 3.05) is 33.4 Å². The van der Waals surface area contributed by atoms with E-state index in [-0.39, 0.29) is 0 Å². The van der Waals surface area contributed by atoms with Gasteiger partial charge in [0.1, 0.15) is 0 Å². The standard InChI is InChI=1S/C16H26N2O2/c1-18(10-14-4-7-20-11-14)13-16(5-8-19-9-6-16)12-17-15-2-3-15/h4,7,11,15,17H,2-3,5-6,8-10,12-13H2,1H3. The van der Waals surface area contributed by atoms with Gasteiger partial charge in [-0.1, -0.05) is 0 Å². The predicted octanol–water partition coefficient (Wildman–Crippen LogP) is 2.26. The Balaban J connectivity index is 1.56. The van der Waals surface area contributed by atoms with E-state index < -0.39 is 0 Å². The summed E-state index contributed by atoms with van der Waals surface area (Å²) in [5, 5.41) is 3.73. The molecule has 0 radical (unpaired) electrons. The summed E-state index contributed by atoms with van der Waals surface area (Å²) in [6.45, 7) is 5.04. The van der Waals surface area contributed by atoms with E-state index in [1.54, 1.807) is 6.26 Å². The summed E-state index contributed by atoms with van der Waals surface area (Å²) in [5.74, 6) is 0. The van der Waals surface area contributed by atoms with Crippen molar-refractivity contribution in [3.8, 4) is 0 Å². The van der Waals surface area contributed by atoms with Crippen LogP contribution in [0.25, 0.3) is 0 Å². The molecule has 0 aromatic carbocycles. The third-order valence-electron chi connectivity index (χ3n) is 4.53. The second-order valence-electron chi connectivity index (χ2n) is 6.57. The number of nitrogens with one attached hydrogen (secondary N) is 1. The molecule has 2 heterocycles. The minimum atomic E-state index is 0.374. The van der Waals surface area contributed by atoms with Crippen LogP contribution in [-0.2, 0) is 11.3 Å². The molecule has 0 spiro atoms. The van der Waals surface area contributed by atoms with Gasteiger partial charge in [0.05, 0.1) is 12.5 Å². The normalized spacial score (nSPS) is 22.3. The molecule has 3 rings (SSSR count). The van der Waals surface area contributed by atoms with Gasteiger partial charge in [-0.3, -0.25) is 0 Å². The summed E-state index contributed by atoms with van der Waals surface area (Å²) in [4.78, 5) is 2.42. The zero-order chi connectivity index (χ0) is 13.8. The van der Waals surface area contributed by atoms with E-state index in [2.05, 4.69) is 23.3 Å². The highest BCUT2D eigenvalue weighted by molar-refractivity contribution is 5.05. The Kier molecular flexibility index (Phi) is 4.44. The third kappa shape index (κ3) is 3.84. The molecular formula is C16H26N2O2. The first-order valence-electron chi connectivity index (χ1n) is 7.77. The second kappa shape index (κ2) is 6.29. The number of furan rings is 1. The SMILES string of the molecule is CN(Cc1ccoc1)CC1(CNC2CC2)CCOCC1. The Hall–Kier alpha value is -0.840. The van der Waals surface area contributed by atoms with Crippen molar-refractivity contribution < 1.29 is 9.15 Å². The van der Waals surface area contributed by atoms with E-state index >= 15 is 0 Å². The molecule has 4 nitrogen and oxygen atoms in total. The highest BCUT2D eigenvalue weighted by Gasteiger charge is 2.35. The Labute approximate surface area is 121 Å². The summed E-state index contributed by atoms with van der Waals surface area (Å²) in [6, 6.07) is 2.84. The lowest BCUT2D eigenvalue weighted by Crippen LogP contribution is -2.46. The fraction of sp³-hybridized carbons (Fsp3) is 0.750. The average Bonchev–Trinajstić information content (AvgIpc) is 3.15. The van der Waals surface area contributed by atoms with Crippen LogP contribution >= 0.6 is 0 Å². The van der Waals surface area contributed by atoms with Crippen molar-refractivity contribution in [1.82, 2.24) is 10.2 Å². The topological polar surface area (TPSA) is 37.6 Å². The first-order chi connectivity index (χ1) is 9.76. The summed E-state index contributed by atoms with van der Waals surface area (Å²) in [6.07, 6.45) is 8.65. The highest BCUT2D eigenvalue weighted by atomic mass is 16.5. The van der Waals surface area contributed by atoms with Crippen molar-refractivity contribution in [3.05, 3.63) is 24.2 Å². The smallest absolute Gasteiger partial charge is 0.0947 e. The molecule has 1 aliphatic heterocycles. The van der Waals surface area contributed by atoms with Gasteiger partial charge in [0.25, 0.3) is 0 Å². The van der Waals surface area contributed by atoms with Gasteiger partial charge in [-0.25, -0.2) is 0 Å². The van der Waals surface area contributed by atoms with Crippen molar-refractivity contribution in [1.29, 1.82) is 0 Å². The van der Waals surface area contributed by atoms with Gasteiger partial charge < -0.3 is 19.4 Å². The number of hydrogen-bond donors (Lipinski definition) is 1. The van der Waals surface area contributed by atoms with Crippen LogP contribution in [0.15, 0.2) is 23.0 Å². The van der Waals surface area contributed by atoms with Gasteiger partial charge in [0, 0.05) is 44.5 Å². The van der Waals surface area contributed by atoms with Gasteiger partial charge in [0.2, 0.25) is 0 Å². The first-order valence-corrected chi connectivity index (χ1v) is 7.77. The Morgan fingerprint density at radius 2 is 2.15 bits per heavy atom. The summed E-state index contributed by atoms with van der Waals surface area (Å²) < 4.78 is 10.7. The van der Waals surface area contributed by atoms with Crippen LogP contribution < -0.4 is 5.32 Å². The molecule has 1 aromatic rings.